The summed E-state index contributed by atoms with van der Waals surface area (Å²) in [5.41, 5.74) is 3.36. The minimum Gasteiger partial charge on any atom is -0.451 e. The Labute approximate surface area is 156 Å². The molecule has 4 rings (SSSR count). The van der Waals surface area contributed by atoms with Crippen LogP contribution >= 0.6 is 0 Å². The summed E-state index contributed by atoms with van der Waals surface area (Å²) in [4.78, 5) is 20.8. The molecular formula is C21H18N4O2. The van der Waals surface area contributed by atoms with Gasteiger partial charge in [-0.05, 0) is 48.5 Å². The average molecular weight is 358 g/mol. The largest absolute Gasteiger partial charge is 0.451 e. The number of hydrogen-bond donors (Lipinski definition) is 2. The van der Waals surface area contributed by atoms with Gasteiger partial charge in [0.2, 0.25) is 0 Å². The molecule has 0 aliphatic carbocycles. The number of aromatic nitrogens is 2. The molecular weight excluding hydrogens is 340 g/mol. The number of hydrogen-bond acceptors (Lipinski definition) is 5. The smallest absolute Gasteiger partial charge is 0.287 e. The summed E-state index contributed by atoms with van der Waals surface area (Å²) in [5, 5.41) is 7.01. The number of benzene rings is 1. The second kappa shape index (κ2) is 7.70. The summed E-state index contributed by atoms with van der Waals surface area (Å²) in [6.07, 6.45) is 3.47. The monoisotopic (exact) mass is 358 g/mol. The first-order valence-electron chi connectivity index (χ1n) is 8.63. The molecule has 2 N–H and O–H groups in total. The van der Waals surface area contributed by atoms with Crippen molar-refractivity contribution in [3.8, 4) is 0 Å². The van der Waals surface area contributed by atoms with Crippen LogP contribution in [0.25, 0.3) is 11.0 Å². The Bertz CT molecular complexity index is 1050. The number of nitrogens with zero attached hydrogens (tertiary/aromatic N) is 2. The minimum atomic E-state index is -0.264. The number of furan rings is 1. The number of carbonyl (C=O) groups excluding carboxylic acids is 1. The Morgan fingerprint density at radius 1 is 0.889 bits per heavy atom. The van der Waals surface area contributed by atoms with E-state index in [2.05, 4.69) is 20.6 Å². The van der Waals surface area contributed by atoms with Crippen LogP contribution in [0.4, 0.5) is 5.69 Å². The van der Waals surface area contributed by atoms with Crippen LogP contribution in [-0.4, -0.2) is 15.9 Å². The van der Waals surface area contributed by atoms with Crippen molar-refractivity contribution in [3.05, 3.63) is 90.2 Å². The van der Waals surface area contributed by atoms with E-state index in [0.29, 0.717) is 18.7 Å². The van der Waals surface area contributed by atoms with Gasteiger partial charge in [0.25, 0.3) is 5.91 Å². The number of carbonyl (C=O) groups is 1. The first kappa shape index (κ1) is 16.8. The van der Waals surface area contributed by atoms with E-state index in [4.69, 9.17) is 4.42 Å². The molecule has 0 fully saturated rings. The maximum Gasteiger partial charge on any atom is 0.287 e. The number of rotatable bonds is 6. The molecule has 3 heterocycles. The van der Waals surface area contributed by atoms with Gasteiger partial charge in [0.05, 0.1) is 24.5 Å². The van der Waals surface area contributed by atoms with Crippen LogP contribution in [0.1, 0.15) is 21.9 Å². The van der Waals surface area contributed by atoms with Crippen LogP contribution in [0.15, 0.2) is 77.5 Å². The molecule has 0 saturated carbocycles. The molecule has 0 bridgehead atoms. The molecule has 6 heteroatoms. The van der Waals surface area contributed by atoms with Gasteiger partial charge in [-0.15, -0.1) is 0 Å². The number of fused-ring (bicyclic) bond motifs is 1. The van der Waals surface area contributed by atoms with E-state index in [1.54, 1.807) is 18.5 Å². The molecule has 0 radical (unpaired) electrons. The molecule has 6 nitrogen and oxygen atoms in total. The fourth-order valence-electron chi connectivity index (χ4n) is 2.72. The van der Waals surface area contributed by atoms with Gasteiger partial charge in [0, 0.05) is 23.5 Å². The lowest BCUT2D eigenvalue weighted by molar-refractivity contribution is 0.0925. The Morgan fingerprint density at radius 2 is 1.63 bits per heavy atom. The predicted octanol–water partition coefficient (Wildman–Crippen LogP) is 3.76. The number of anilines is 1. The Kier molecular flexibility index (Phi) is 4.78. The molecule has 27 heavy (non-hydrogen) atoms. The predicted molar refractivity (Wildman–Crippen MR) is 103 cm³/mol. The van der Waals surface area contributed by atoms with Gasteiger partial charge in [-0.1, -0.05) is 12.1 Å². The molecule has 0 aliphatic heterocycles. The third kappa shape index (κ3) is 4.12. The first-order chi connectivity index (χ1) is 13.3. The lowest BCUT2D eigenvalue weighted by Crippen LogP contribution is -2.22. The fraction of sp³-hybridized carbons (Fsp3) is 0.0952. The van der Waals surface area contributed by atoms with Crippen LogP contribution in [-0.2, 0) is 13.1 Å². The summed E-state index contributed by atoms with van der Waals surface area (Å²) in [5.74, 6) is 0.0163. The van der Waals surface area contributed by atoms with Crippen molar-refractivity contribution in [1.82, 2.24) is 15.3 Å². The van der Waals surface area contributed by atoms with Gasteiger partial charge in [0.15, 0.2) is 5.76 Å². The summed E-state index contributed by atoms with van der Waals surface area (Å²) < 4.78 is 5.66. The number of amides is 1. The normalized spacial score (nSPS) is 10.7. The zero-order valence-electron chi connectivity index (χ0n) is 14.6. The van der Waals surface area contributed by atoms with Crippen LogP contribution in [0, 0.1) is 0 Å². The third-order valence-electron chi connectivity index (χ3n) is 4.10. The highest BCUT2D eigenvalue weighted by atomic mass is 16.3. The molecule has 0 saturated heterocycles. The van der Waals surface area contributed by atoms with E-state index in [9.17, 15) is 4.79 Å². The minimum absolute atomic E-state index is 0.264. The van der Waals surface area contributed by atoms with Gasteiger partial charge in [0.1, 0.15) is 5.58 Å². The van der Waals surface area contributed by atoms with Gasteiger partial charge in [-0.2, -0.15) is 0 Å². The van der Waals surface area contributed by atoms with Crippen molar-refractivity contribution in [3.63, 3.8) is 0 Å². The van der Waals surface area contributed by atoms with E-state index >= 15 is 0 Å². The lowest BCUT2D eigenvalue weighted by Gasteiger charge is -2.05. The van der Waals surface area contributed by atoms with Crippen LogP contribution in [0.2, 0.25) is 0 Å². The Morgan fingerprint density at radius 3 is 2.33 bits per heavy atom. The molecule has 3 aromatic heterocycles. The van der Waals surface area contributed by atoms with Crippen LogP contribution in [0.5, 0.6) is 0 Å². The standard InChI is InChI=1S/C21H18N4O2/c26-21(25-14-18-6-2-4-10-23-18)20-12-15-11-16(7-8-19(15)27-20)24-13-17-5-1-3-9-22-17/h1-12,24H,13-14H2,(H,25,26). The SMILES string of the molecule is O=C(NCc1ccccn1)c1cc2cc(NCc3ccccn3)ccc2o1. The zero-order chi connectivity index (χ0) is 18.5. The van der Waals surface area contributed by atoms with Crippen molar-refractivity contribution in [2.75, 3.05) is 5.32 Å². The summed E-state index contributed by atoms with van der Waals surface area (Å²) in [6, 6.07) is 18.9. The van der Waals surface area contributed by atoms with Crippen LogP contribution < -0.4 is 10.6 Å². The van der Waals surface area contributed by atoms with Gasteiger partial charge >= 0.3 is 0 Å². The summed E-state index contributed by atoms with van der Waals surface area (Å²) >= 11 is 0. The average Bonchev–Trinajstić information content (AvgIpc) is 3.15. The van der Waals surface area contributed by atoms with Crippen molar-refractivity contribution < 1.29 is 9.21 Å². The van der Waals surface area contributed by atoms with E-state index < -0.39 is 0 Å². The molecule has 0 unspecified atom stereocenters. The molecule has 4 aromatic rings. The molecule has 1 amide bonds. The third-order valence-corrected chi connectivity index (χ3v) is 4.10. The maximum absolute atomic E-state index is 12.3. The van der Waals surface area contributed by atoms with Crippen molar-refractivity contribution in [2.24, 2.45) is 0 Å². The highest BCUT2D eigenvalue weighted by molar-refractivity contribution is 5.96. The molecule has 0 spiro atoms. The topological polar surface area (TPSA) is 80.0 Å². The Hall–Kier alpha value is -3.67. The fourth-order valence-corrected chi connectivity index (χ4v) is 2.72. The van der Waals surface area contributed by atoms with Gasteiger partial charge in [-0.3, -0.25) is 14.8 Å². The van der Waals surface area contributed by atoms with Crippen molar-refractivity contribution in [1.29, 1.82) is 0 Å². The maximum atomic E-state index is 12.3. The molecule has 134 valence electrons. The second-order valence-electron chi connectivity index (χ2n) is 6.04. The Balaban J connectivity index is 1.43. The van der Waals surface area contributed by atoms with Gasteiger partial charge < -0.3 is 15.1 Å². The van der Waals surface area contributed by atoms with Crippen LogP contribution in [0.3, 0.4) is 0 Å². The van der Waals surface area contributed by atoms with Crippen molar-refractivity contribution >= 4 is 22.6 Å². The molecule has 1 aromatic carbocycles. The van der Waals surface area contributed by atoms with Gasteiger partial charge in [-0.25, -0.2) is 0 Å². The quantitative estimate of drug-likeness (QED) is 0.548. The van der Waals surface area contributed by atoms with E-state index in [1.165, 1.54) is 0 Å². The highest BCUT2D eigenvalue weighted by Crippen LogP contribution is 2.23. The highest BCUT2D eigenvalue weighted by Gasteiger charge is 2.12. The summed E-state index contributed by atoms with van der Waals surface area (Å²) in [6.45, 7) is 0.981. The zero-order valence-corrected chi connectivity index (χ0v) is 14.6. The van der Waals surface area contributed by atoms with E-state index in [0.717, 1.165) is 22.5 Å². The molecule has 0 aliphatic rings. The second-order valence-corrected chi connectivity index (χ2v) is 6.04. The molecule has 0 atom stereocenters. The summed E-state index contributed by atoms with van der Waals surface area (Å²) in [7, 11) is 0. The number of pyridine rings is 2. The van der Waals surface area contributed by atoms with E-state index in [1.807, 2.05) is 54.6 Å². The van der Waals surface area contributed by atoms with E-state index in [-0.39, 0.29) is 11.7 Å². The van der Waals surface area contributed by atoms with Crippen molar-refractivity contribution in [2.45, 2.75) is 13.1 Å². The first-order valence-corrected chi connectivity index (χ1v) is 8.63. The number of nitrogens with one attached hydrogen (secondary N) is 2. The lowest BCUT2D eigenvalue weighted by atomic mass is 10.2.